The third-order valence-electron chi connectivity index (χ3n) is 3.59. The summed E-state index contributed by atoms with van der Waals surface area (Å²) in [5, 5.41) is 0. The van der Waals surface area contributed by atoms with Crippen LogP contribution in [0.4, 0.5) is 0 Å². The van der Waals surface area contributed by atoms with Crippen molar-refractivity contribution in [3.63, 3.8) is 0 Å². The Kier molecular flexibility index (Phi) is 10.1. The molecule has 0 aliphatic heterocycles. The first-order valence-corrected chi connectivity index (χ1v) is 7.71. The first-order valence-electron chi connectivity index (χ1n) is 7.71. The van der Waals surface area contributed by atoms with Crippen LogP contribution in [0.25, 0.3) is 0 Å². The molecule has 0 saturated carbocycles. The fraction of sp³-hybridized carbons (Fsp3) is 0.938. The Bertz CT molecular complexity index is 211. The first kappa shape index (κ1) is 17.5. The molecule has 0 rings (SSSR count). The van der Waals surface area contributed by atoms with Crippen LogP contribution in [0, 0.1) is 17.8 Å². The van der Waals surface area contributed by atoms with Crippen LogP contribution < -0.4 is 0 Å². The van der Waals surface area contributed by atoms with Crippen molar-refractivity contribution in [1.29, 1.82) is 0 Å². The summed E-state index contributed by atoms with van der Waals surface area (Å²) >= 11 is 0. The highest BCUT2D eigenvalue weighted by atomic mass is 16.5. The van der Waals surface area contributed by atoms with Crippen molar-refractivity contribution in [2.75, 3.05) is 6.61 Å². The third-order valence-corrected chi connectivity index (χ3v) is 3.59. The Morgan fingerprint density at radius 2 is 1.78 bits per heavy atom. The number of rotatable bonds is 10. The number of ether oxygens (including phenoxy) is 1. The molecule has 0 aliphatic rings. The zero-order chi connectivity index (χ0) is 14.0. The number of esters is 1. The highest BCUT2D eigenvalue weighted by Gasteiger charge is 2.20. The van der Waals surface area contributed by atoms with E-state index >= 15 is 0 Å². The molecule has 18 heavy (non-hydrogen) atoms. The summed E-state index contributed by atoms with van der Waals surface area (Å²) in [5.41, 5.74) is 0. The minimum atomic E-state index is 0.0150. The Hall–Kier alpha value is -0.530. The second-order valence-electron chi connectivity index (χ2n) is 5.78. The van der Waals surface area contributed by atoms with Crippen molar-refractivity contribution in [1.82, 2.24) is 0 Å². The smallest absolute Gasteiger partial charge is 0.308 e. The molecule has 0 saturated heterocycles. The van der Waals surface area contributed by atoms with E-state index in [1.165, 1.54) is 19.3 Å². The lowest BCUT2D eigenvalue weighted by Gasteiger charge is -2.19. The Labute approximate surface area is 113 Å². The largest absolute Gasteiger partial charge is 0.465 e. The van der Waals surface area contributed by atoms with Crippen molar-refractivity contribution in [2.45, 2.75) is 73.1 Å². The van der Waals surface area contributed by atoms with Crippen molar-refractivity contribution in [3.05, 3.63) is 0 Å². The van der Waals surface area contributed by atoms with Crippen LogP contribution in [0.1, 0.15) is 73.1 Å². The van der Waals surface area contributed by atoms with Gasteiger partial charge in [-0.2, -0.15) is 0 Å². The number of carbonyl (C=O) groups excluding carboxylic acids is 1. The molecule has 2 atom stereocenters. The van der Waals surface area contributed by atoms with Crippen LogP contribution in [0.3, 0.4) is 0 Å². The monoisotopic (exact) mass is 256 g/mol. The number of carbonyl (C=O) groups is 1. The SMILES string of the molecule is CCCCC(CC)COC(=O)C(CC)CC(C)C. The van der Waals surface area contributed by atoms with Gasteiger partial charge in [0.15, 0.2) is 0 Å². The summed E-state index contributed by atoms with van der Waals surface area (Å²) in [7, 11) is 0. The standard InChI is InChI=1S/C16H32O2/c1-6-9-10-14(7-2)12-18-16(17)15(8-3)11-13(4)5/h13-15H,6-12H2,1-5H3. The molecule has 2 nitrogen and oxygen atoms in total. The van der Waals surface area contributed by atoms with Crippen molar-refractivity contribution >= 4 is 5.97 Å². The van der Waals surface area contributed by atoms with Gasteiger partial charge in [0.05, 0.1) is 12.5 Å². The second-order valence-corrected chi connectivity index (χ2v) is 5.78. The highest BCUT2D eigenvalue weighted by Crippen LogP contribution is 2.19. The van der Waals surface area contributed by atoms with E-state index in [0.29, 0.717) is 18.4 Å². The van der Waals surface area contributed by atoms with Gasteiger partial charge in [0.1, 0.15) is 0 Å². The molecule has 0 amide bonds. The van der Waals surface area contributed by atoms with Gasteiger partial charge in [-0.3, -0.25) is 4.79 Å². The molecule has 0 aromatic carbocycles. The van der Waals surface area contributed by atoms with Crippen LogP contribution >= 0.6 is 0 Å². The summed E-state index contributed by atoms with van der Waals surface area (Å²) in [6, 6.07) is 0. The first-order chi connectivity index (χ1) is 8.54. The third kappa shape index (κ3) is 7.73. The molecule has 2 heteroatoms. The lowest BCUT2D eigenvalue weighted by Crippen LogP contribution is -2.22. The van der Waals surface area contributed by atoms with Crippen LogP contribution in [0.15, 0.2) is 0 Å². The Morgan fingerprint density at radius 1 is 1.11 bits per heavy atom. The predicted molar refractivity (Wildman–Crippen MR) is 77.5 cm³/mol. The lowest BCUT2D eigenvalue weighted by molar-refractivity contribution is -0.150. The zero-order valence-electron chi connectivity index (χ0n) is 13.0. The van der Waals surface area contributed by atoms with Gasteiger partial charge in [0, 0.05) is 0 Å². The van der Waals surface area contributed by atoms with E-state index in [0.717, 1.165) is 19.3 Å². The molecular weight excluding hydrogens is 224 g/mol. The van der Waals surface area contributed by atoms with Crippen LogP contribution in [0.5, 0.6) is 0 Å². The average molecular weight is 256 g/mol. The minimum absolute atomic E-state index is 0.0150. The van der Waals surface area contributed by atoms with E-state index < -0.39 is 0 Å². The lowest BCUT2D eigenvalue weighted by atomic mass is 9.95. The molecule has 108 valence electrons. The van der Waals surface area contributed by atoms with E-state index in [-0.39, 0.29) is 11.9 Å². The van der Waals surface area contributed by atoms with Gasteiger partial charge in [-0.05, 0) is 31.1 Å². The van der Waals surface area contributed by atoms with Crippen LogP contribution in [0.2, 0.25) is 0 Å². The molecule has 0 heterocycles. The fourth-order valence-corrected chi connectivity index (χ4v) is 2.21. The topological polar surface area (TPSA) is 26.3 Å². The summed E-state index contributed by atoms with van der Waals surface area (Å²) in [4.78, 5) is 12.0. The van der Waals surface area contributed by atoms with E-state index in [9.17, 15) is 4.79 Å². The van der Waals surface area contributed by atoms with E-state index in [1.807, 2.05) is 0 Å². The molecule has 0 spiro atoms. The van der Waals surface area contributed by atoms with Crippen molar-refractivity contribution in [3.8, 4) is 0 Å². The number of unbranched alkanes of at least 4 members (excludes halogenated alkanes) is 1. The van der Waals surface area contributed by atoms with Gasteiger partial charge in [-0.1, -0.05) is 53.9 Å². The second kappa shape index (κ2) is 10.4. The Balaban J connectivity index is 4.03. The quantitative estimate of drug-likeness (QED) is 0.524. The molecule has 0 radical (unpaired) electrons. The van der Waals surface area contributed by atoms with Gasteiger partial charge >= 0.3 is 5.97 Å². The maximum atomic E-state index is 12.0. The molecule has 0 bridgehead atoms. The maximum absolute atomic E-state index is 12.0. The van der Waals surface area contributed by atoms with E-state index in [1.54, 1.807) is 0 Å². The van der Waals surface area contributed by atoms with Gasteiger partial charge < -0.3 is 4.74 Å². The summed E-state index contributed by atoms with van der Waals surface area (Å²) in [6.07, 6.45) is 6.58. The molecule has 0 aliphatic carbocycles. The van der Waals surface area contributed by atoms with Gasteiger partial charge in [-0.15, -0.1) is 0 Å². The van der Waals surface area contributed by atoms with Crippen molar-refractivity contribution < 1.29 is 9.53 Å². The molecule has 2 unspecified atom stereocenters. The molecular formula is C16H32O2. The fourth-order valence-electron chi connectivity index (χ4n) is 2.21. The normalized spacial score (nSPS) is 14.6. The van der Waals surface area contributed by atoms with E-state index in [4.69, 9.17) is 4.74 Å². The molecule has 0 N–H and O–H groups in total. The maximum Gasteiger partial charge on any atom is 0.308 e. The number of hydrogen-bond acceptors (Lipinski definition) is 2. The van der Waals surface area contributed by atoms with Crippen LogP contribution in [-0.2, 0) is 9.53 Å². The molecule has 0 fully saturated rings. The van der Waals surface area contributed by atoms with Crippen LogP contribution in [-0.4, -0.2) is 12.6 Å². The van der Waals surface area contributed by atoms with Gasteiger partial charge in [0.2, 0.25) is 0 Å². The predicted octanol–water partition coefficient (Wildman–Crippen LogP) is 4.82. The minimum Gasteiger partial charge on any atom is -0.465 e. The average Bonchev–Trinajstić information content (AvgIpc) is 2.35. The van der Waals surface area contributed by atoms with E-state index in [2.05, 4.69) is 34.6 Å². The van der Waals surface area contributed by atoms with Gasteiger partial charge in [0.25, 0.3) is 0 Å². The Morgan fingerprint density at radius 3 is 2.22 bits per heavy atom. The van der Waals surface area contributed by atoms with Crippen molar-refractivity contribution in [2.24, 2.45) is 17.8 Å². The zero-order valence-corrected chi connectivity index (χ0v) is 13.0. The summed E-state index contributed by atoms with van der Waals surface area (Å²) in [6.45, 7) is 11.4. The molecule has 0 aromatic rings. The molecule has 0 aromatic heterocycles. The summed E-state index contributed by atoms with van der Waals surface area (Å²) in [5.74, 6) is 1.21. The number of hydrogen-bond donors (Lipinski definition) is 0. The van der Waals surface area contributed by atoms with Gasteiger partial charge in [-0.25, -0.2) is 0 Å². The summed E-state index contributed by atoms with van der Waals surface area (Å²) < 4.78 is 5.51. The highest BCUT2D eigenvalue weighted by molar-refractivity contribution is 5.72.